The van der Waals surface area contributed by atoms with E-state index in [1.165, 1.54) is 11.0 Å². The third kappa shape index (κ3) is 3.82. The van der Waals surface area contributed by atoms with Crippen molar-refractivity contribution in [2.75, 3.05) is 20.6 Å². The molecule has 7 nitrogen and oxygen atoms in total. The van der Waals surface area contributed by atoms with Crippen molar-refractivity contribution < 1.29 is 14.5 Å². The maximum Gasteiger partial charge on any atom is 0.290 e. The number of carbonyl (C=O) groups excluding carboxylic acids is 2. The first-order chi connectivity index (χ1) is 9.23. The number of amides is 2. The molecule has 108 valence electrons. The molecule has 1 aromatic rings. The van der Waals surface area contributed by atoms with E-state index in [4.69, 9.17) is 23.2 Å². The zero-order valence-corrected chi connectivity index (χ0v) is 12.2. The van der Waals surface area contributed by atoms with E-state index in [0.717, 1.165) is 6.07 Å². The Bertz CT molecular complexity index is 575. The number of benzene rings is 1. The van der Waals surface area contributed by atoms with E-state index < -0.39 is 16.5 Å². The van der Waals surface area contributed by atoms with E-state index in [9.17, 15) is 19.7 Å². The normalized spacial score (nSPS) is 10.0. The van der Waals surface area contributed by atoms with Crippen LogP contribution in [0.4, 0.5) is 5.69 Å². The van der Waals surface area contributed by atoms with Gasteiger partial charge in [-0.05, 0) is 6.07 Å². The number of likely N-dealkylation sites (N-methyl/N-ethyl adjacent to an activating group) is 1. The number of nitro groups is 1. The molecule has 0 spiro atoms. The van der Waals surface area contributed by atoms with Gasteiger partial charge in [-0.1, -0.05) is 23.2 Å². The Balaban J connectivity index is 2.94. The van der Waals surface area contributed by atoms with Crippen LogP contribution in [0.25, 0.3) is 0 Å². The van der Waals surface area contributed by atoms with Crippen molar-refractivity contribution in [3.05, 3.63) is 37.9 Å². The minimum Gasteiger partial charge on any atom is -0.347 e. The van der Waals surface area contributed by atoms with Gasteiger partial charge in [0, 0.05) is 25.7 Å². The Kier molecular flexibility index (Phi) is 5.29. The number of hydrogen-bond acceptors (Lipinski definition) is 4. The van der Waals surface area contributed by atoms with Crippen LogP contribution in [0.1, 0.15) is 10.4 Å². The topological polar surface area (TPSA) is 92.6 Å². The van der Waals surface area contributed by atoms with Gasteiger partial charge in [0.2, 0.25) is 5.91 Å². The summed E-state index contributed by atoms with van der Waals surface area (Å²) in [4.78, 5) is 34.5. The Hall–Kier alpha value is -1.86. The molecule has 0 heterocycles. The Labute approximate surface area is 124 Å². The summed E-state index contributed by atoms with van der Waals surface area (Å²) in [7, 11) is 3.08. The molecule has 0 radical (unpaired) electrons. The van der Waals surface area contributed by atoms with Gasteiger partial charge in [0.1, 0.15) is 5.02 Å². The molecule has 1 N–H and O–H groups in total. The number of halogens is 2. The molecular weight excluding hydrogens is 309 g/mol. The van der Waals surface area contributed by atoms with Crippen LogP contribution in [0.15, 0.2) is 12.1 Å². The molecular formula is C11H11Cl2N3O4. The van der Waals surface area contributed by atoms with Gasteiger partial charge in [-0.3, -0.25) is 19.7 Å². The van der Waals surface area contributed by atoms with Crippen LogP contribution in [-0.2, 0) is 4.79 Å². The van der Waals surface area contributed by atoms with Crippen LogP contribution in [0, 0.1) is 10.1 Å². The second kappa shape index (κ2) is 6.53. The van der Waals surface area contributed by atoms with Crippen LogP contribution in [0.2, 0.25) is 10.0 Å². The Morgan fingerprint density at radius 2 is 1.95 bits per heavy atom. The van der Waals surface area contributed by atoms with E-state index in [1.54, 1.807) is 14.1 Å². The number of rotatable bonds is 4. The summed E-state index contributed by atoms with van der Waals surface area (Å²) in [6.07, 6.45) is 0. The summed E-state index contributed by atoms with van der Waals surface area (Å²) in [5.41, 5.74) is -0.513. The highest BCUT2D eigenvalue weighted by Gasteiger charge is 2.20. The van der Waals surface area contributed by atoms with Crippen LogP contribution in [-0.4, -0.2) is 42.3 Å². The summed E-state index contributed by atoms with van der Waals surface area (Å²) in [5, 5.41) is 12.8. The fourth-order valence-corrected chi connectivity index (χ4v) is 1.65. The highest BCUT2D eigenvalue weighted by atomic mass is 35.5. The third-order valence-corrected chi connectivity index (χ3v) is 3.16. The number of hydrogen-bond donors (Lipinski definition) is 1. The van der Waals surface area contributed by atoms with Crippen molar-refractivity contribution in [1.29, 1.82) is 0 Å². The van der Waals surface area contributed by atoms with Gasteiger partial charge in [0.25, 0.3) is 11.6 Å². The lowest BCUT2D eigenvalue weighted by Crippen LogP contribution is -2.36. The van der Waals surface area contributed by atoms with E-state index in [2.05, 4.69) is 5.32 Å². The SMILES string of the molecule is CN(C)C(=O)CNC(=O)c1cc(Cl)c(Cl)c([N+](=O)[O-])c1. The summed E-state index contributed by atoms with van der Waals surface area (Å²) in [6, 6.07) is 2.20. The standard InChI is InChI=1S/C11H11Cl2N3O4/c1-15(2)9(17)5-14-11(18)6-3-7(12)10(13)8(4-6)16(19)20/h3-4H,5H2,1-2H3,(H,14,18). The van der Waals surface area contributed by atoms with E-state index >= 15 is 0 Å². The van der Waals surface area contributed by atoms with Crippen LogP contribution >= 0.6 is 23.2 Å². The Morgan fingerprint density at radius 1 is 1.35 bits per heavy atom. The molecule has 1 aromatic carbocycles. The van der Waals surface area contributed by atoms with Crippen LogP contribution < -0.4 is 5.32 Å². The molecule has 0 atom stereocenters. The van der Waals surface area contributed by atoms with E-state index in [-0.39, 0.29) is 28.1 Å². The van der Waals surface area contributed by atoms with Crippen molar-refractivity contribution in [2.24, 2.45) is 0 Å². The second-order valence-corrected chi connectivity index (χ2v) is 4.80. The molecule has 0 aliphatic heterocycles. The smallest absolute Gasteiger partial charge is 0.290 e. The van der Waals surface area contributed by atoms with E-state index in [0.29, 0.717) is 0 Å². The number of carbonyl (C=O) groups is 2. The number of nitrogens with one attached hydrogen (secondary N) is 1. The lowest BCUT2D eigenvalue weighted by Gasteiger charge is -2.11. The largest absolute Gasteiger partial charge is 0.347 e. The molecule has 0 aliphatic carbocycles. The van der Waals surface area contributed by atoms with Crippen molar-refractivity contribution in [1.82, 2.24) is 10.2 Å². The molecule has 0 unspecified atom stereocenters. The van der Waals surface area contributed by atoms with Gasteiger partial charge >= 0.3 is 0 Å². The van der Waals surface area contributed by atoms with Gasteiger partial charge in [0.15, 0.2) is 0 Å². The molecule has 20 heavy (non-hydrogen) atoms. The van der Waals surface area contributed by atoms with E-state index in [1.807, 2.05) is 0 Å². The molecule has 0 saturated heterocycles. The molecule has 9 heteroatoms. The zero-order valence-electron chi connectivity index (χ0n) is 10.6. The first kappa shape index (κ1) is 16.2. The maximum atomic E-state index is 11.8. The fraction of sp³-hybridized carbons (Fsp3) is 0.273. The lowest BCUT2D eigenvalue weighted by atomic mass is 10.2. The minimum atomic E-state index is -0.740. The van der Waals surface area contributed by atoms with Gasteiger partial charge in [-0.25, -0.2) is 0 Å². The number of nitrogens with zero attached hydrogens (tertiary/aromatic N) is 2. The van der Waals surface area contributed by atoms with Gasteiger partial charge in [-0.15, -0.1) is 0 Å². The molecule has 0 aromatic heterocycles. The molecule has 0 saturated carbocycles. The predicted molar refractivity (Wildman–Crippen MR) is 74.1 cm³/mol. The summed E-state index contributed by atoms with van der Waals surface area (Å²) in [6.45, 7) is -0.222. The van der Waals surface area contributed by atoms with Gasteiger partial charge in [0.05, 0.1) is 16.5 Å². The summed E-state index contributed by atoms with van der Waals surface area (Å²) in [5.74, 6) is -0.963. The monoisotopic (exact) mass is 319 g/mol. The highest BCUT2D eigenvalue weighted by molar-refractivity contribution is 6.43. The second-order valence-electron chi connectivity index (χ2n) is 4.02. The third-order valence-electron chi connectivity index (χ3n) is 2.37. The first-order valence-electron chi connectivity index (χ1n) is 5.35. The average Bonchev–Trinajstić information content (AvgIpc) is 2.37. The Morgan fingerprint density at radius 3 is 2.45 bits per heavy atom. The summed E-state index contributed by atoms with van der Waals surface area (Å²) >= 11 is 11.4. The molecule has 1 rings (SSSR count). The van der Waals surface area contributed by atoms with Gasteiger partial charge < -0.3 is 10.2 Å². The molecule has 0 fully saturated rings. The predicted octanol–water partition coefficient (Wildman–Crippen LogP) is 1.72. The minimum absolute atomic E-state index is 0.0438. The first-order valence-corrected chi connectivity index (χ1v) is 6.11. The van der Waals surface area contributed by atoms with Crippen molar-refractivity contribution in [3.63, 3.8) is 0 Å². The van der Waals surface area contributed by atoms with Gasteiger partial charge in [-0.2, -0.15) is 0 Å². The molecule has 0 aliphatic rings. The zero-order chi connectivity index (χ0) is 15.4. The average molecular weight is 320 g/mol. The lowest BCUT2D eigenvalue weighted by molar-refractivity contribution is -0.384. The van der Waals surface area contributed by atoms with Crippen molar-refractivity contribution in [3.8, 4) is 0 Å². The van der Waals surface area contributed by atoms with Crippen LogP contribution in [0.3, 0.4) is 0 Å². The number of nitro benzene ring substituents is 1. The fourth-order valence-electron chi connectivity index (χ4n) is 1.25. The summed E-state index contributed by atoms with van der Waals surface area (Å²) < 4.78 is 0. The molecule has 0 bridgehead atoms. The van der Waals surface area contributed by atoms with Crippen molar-refractivity contribution in [2.45, 2.75) is 0 Å². The quantitative estimate of drug-likeness (QED) is 0.675. The van der Waals surface area contributed by atoms with Crippen molar-refractivity contribution >= 4 is 40.7 Å². The molecule has 2 amide bonds. The highest BCUT2D eigenvalue weighted by Crippen LogP contribution is 2.32. The van der Waals surface area contributed by atoms with Crippen LogP contribution in [0.5, 0.6) is 0 Å². The maximum absolute atomic E-state index is 11.8.